The minimum atomic E-state index is -0.673. The predicted octanol–water partition coefficient (Wildman–Crippen LogP) is 6.34. The van der Waals surface area contributed by atoms with Gasteiger partial charge in [-0.1, -0.05) is 60.7 Å². The Hall–Kier alpha value is -3.05. The molecule has 0 unspecified atom stereocenters. The molecule has 3 rings (SSSR count). The number of aryl methyl sites for hydroxylation is 1. The fraction of sp³-hybridized carbons (Fsp3) is 0.393. The zero-order chi connectivity index (χ0) is 23.3. The summed E-state index contributed by atoms with van der Waals surface area (Å²) < 4.78 is 21.7. The van der Waals surface area contributed by atoms with E-state index < -0.39 is 6.10 Å². The quantitative estimate of drug-likeness (QED) is 0.202. The molecule has 0 aromatic heterocycles. The molecule has 1 heterocycles. The lowest BCUT2D eigenvalue weighted by atomic mass is 10.1. The van der Waals surface area contributed by atoms with Gasteiger partial charge in [0.2, 0.25) is 6.79 Å². The number of hydrogen-bond acceptors (Lipinski definition) is 5. The Balaban J connectivity index is 1.25. The summed E-state index contributed by atoms with van der Waals surface area (Å²) in [6.07, 6.45) is 13.7. The van der Waals surface area contributed by atoms with Crippen LogP contribution in [0.4, 0.5) is 0 Å². The van der Waals surface area contributed by atoms with Crippen molar-refractivity contribution >= 4 is 5.97 Å². The van der Waals surface area contributed by atoms with E-state index in [1.54, 1.807) is 0 Å². The molecule has 0 saturated heterocycles. The second-order valence-electron chi connectivity index (χ2n) is 8.14. The fourth-order valence-electron chi connectivity index (χ4n) is 3.71. The average molecular weight is 451 g/mol. The first-order chi connectivity index (χ1) is 16.2. The van der Waals surface area contributed by atoms with Crippen LogP contribution < -0.4 is 9.47 Å². The molecule has 1 aliphatic rings. The van der Waals surface area contributed by atoms with Crippen LogP contribution in [0.5, 0.6) is 11.5 Å². The van der Waals surface area contributed by atoms with E-state index in [0.29, 0.717) is 6.79 Å². The molecule has 0 radical (unpaired) electrons. The van der Waals surface area contributed by atoms with E-state index in [2.05, 4.69) is 36.4 Å². The maximum atomic E-state index is 12.4. The van der Waals surface area contributed by atoms with Gasteiger partial charge in [0, 0.05) is 7.11 Å². The number of methoxy groups -OCH3 is 1. The number of carbonyl (C=O) groups is 1. The van der Waals surface area contributed by atoms with Crippen molar-refractivity contribution in [1.29, 1.82) is 0 Å². The Morgan fingerprint density at radius 2 is 1.76 bits per heavy atom. The van der Waals surface area contributed by atoms with E-state index in [4.69, 9.17) is 18.9 Å². The van der Waals surface area contributed by atoms with Crippen LogP contribution in [0.2, 0.25) is 0 Å². The molecule has 0 amide bonds. The van der Waals surface area contributed by atoms with E-state index >= 15 is 0 Å². The van der Waals surface area contributed by atoms with Crippen LogP contribution in [0.1, 0.15) is 56.3 Å². The van der Waals surface area contributed by atoms with Gasteiger partial charge in [0.25, 0.3) is 0 Å². The van der Waals surface area contributed by atoms with Crippen molar-refractivity contribution in [2.45, 2.75) is 57.7 Å². The van der Waals surface area contributed by atoms with Crippen LogP contribution >= 0.6 is 0 Å². The van der Waals surface area contributed by atoms with Crippen LogP contribution in [0.15, 0.2) is 72.8 Å². The van der Waals surface area contributed by atoms with Crippen molar-refractivity contribution in [2.75, 3.05) is 13.9 Å². The number of carbonyl (C=O) groups excluding carboxylic acids is 1. The molecule has 0 bridgehead atoms. The first-order valence-electron chi connectivity index (χ1n) is 11.7. The molecule has 0 aliphatic carbocycles. The highest BCUT2D eigenvalue weighted by atomic mass is 16.7. The van der Waals surface area contributed by atoms with Crippen molar-refractivity contribution in [3.63, 3.8) is 0 Å². The van der Waals surface area contributed by atoms with Gasteiger partial charge in [-0.3, -0.25) is 0 Å². The summed E-state index contributed by atoms with van der Waals surface area (Å²) in [5, 5.41) is 0. The van der Waals surface area contributed by atoms with Crippen molar-refractivity contribution in [1.82, 2.24) is 0 Å². The van der Waals surface area contributed by atoms with E-state index in [-0.39, 0.29) is 12.1 Å². The Labute approximate surface area is 197 Å². The molecule has 176 valence electrons. The maximum absolute atomic E-state index is 12.4. The standard InChI is InChI=1S/C28H34O5/c1-22(33-28(29)27(30-2)24-16-12-9-13-17-24)14-10-7-5-3-4-6-8-11-15-23-18-19-25-26(20-23)32-21-31-25/h3-4,6,8-9,12-13,16-20,22,27H,5,7,10-11,14-15,21H2,1-2H3/b4-3+,8-6+/t22-,27+/m0/s1. The highest BCUT2D eigenvalue weighted by Gasteiger charge is 2.23. The number of hydrogen-bond donors (Lipinski definition) is 0. The van der Waals surface area contributed by atoms with Crippen LogP contribution in [-0.2, 0) is 20.7 Å². The van der Waals surface area contributed by atoms with E-state index in [1.165, 1.54) is 12.7 Å². The molecule has 33 heavy (non-hydrogen) atoms. The van der Waals surface area contributed by atoms with Crippen LogP contribution in [0.3, 0.4) is 0 Å². The summed E-state index contributed by atoms with van der Waals surface area (Å²) in [5.41, 5.74) is 2.06. The number of rotatable bonds is 13. The SMILES string of the molecule is CO[C@@H](C(=O)O[C@@H](C)CCCC/C=C/C=C/CCc1ccc2c(c1)OCO2)c1ccccc1. The van der Waals surface area contributed by atoms with Crippen molar-refractivity contribution in [2.24, 2.45) is 0 Å². The Morgan fingerprint density at radius 1 is 1.00 bits per heavy atom. The van der Waals surface area contributed by atoms with E-state index in [1.807, 2.05) is 43.3 Å². The number of unbranched alkanes of at least 4 members (excludes halogenated alkanes) is 2. The van der Waals surface area contributed by atoms with Crippen LogP contribution in [0.25, 0.3) is 0 Å². The van der Waals surface area contributed by atoms with Gasteiger partial charge in [-0.25, -0.2) is 4.79 Å². The number of benzene rings is 2. The van der Waals surface area contributed by atoms with Gasteiger partial charge >= 0.3 is 5.97 Å². The Bertz CT molecular complexity index is 919. The normalized spacial score (nSPS) is 14.6. The topological polar surface area (TPSA) is 54.0 Å². The molecule has 5 nitrogen and oxygen atoms in total. The third-order valence-corrected chi connectivity index (χ3v) is 5.52. The fourth-order valence-corrected chi connectivity index (χ4v) is 3.71. The minimum Gasteiger partial charge on any atom is -0.460 e. The minimum absolute atomic E-state index is 0.126. The lowest BCUT2D eigenvalue weighted by Crippen LogP contribution is -2.22. The summed E-state index contributed by atoms with van der Waals surface area (Å²) in [7, 11) is 1.53. The lowest BCUT2D eigenvalue weighted by molar-refractivity contribution is -0.161. The summed E-state index contributed by atoms with van der Waals surface area (Å²) in [4.78, 5) is 12.4. The van der Waals surface area contributed by atoms with E-state index in [9.17, 15) is 4.79 Å². The number of ether oxygens (including phenoxy) is 4. The second-order valence-corrected chi connectivity index (χ2v) is 8.14. The highest BCUT2D eigenvalue weighted by Crippen LogP contribution is 2.32. The van der Waals surface area contributed by atoms with Gasteiger partial charge in [0.05, 0.1) is 6.10 Å². The van der Waals surface area contributed by atoms with Crippen LogP contribution in [0, 0.1) is 0 Å². The average Bonchev–Trinajstić information content (AvgIpc) is 3.29. The molecule has 0 spiro atoms. The lowest BCUT2D eigenvalue weighted by Gasteiger charge is -2.18. The van der Waals surface area contributed by atoms with Gasteiger partial charge in [-0.2, -0.15) is 0 Å². The molecule has 2 aromatic rings. The smallest absolute Gasteiger partial charge is 0.340 e. The van der Waals surface area contributed by atoms with Crippen molar-refractivity contribution in [3.05, 3.63) is 84.0 Å². The first kappa shape index (κ1) is 24.6. The Morgan fingerprint density at radius 3 is 2.55 bits per heavy atom. The third-order valence-electron chi connectivity index (χ3n) is 5.52. The maximum Gasteiger partial charge on any atom is 0.340 e. The highest BCUT2D eigenvalue weighted by molar-refractivity contribution is 5.76. The molecule has 2 atom stereocenters. The number of allylic oxidation sites excluding steroid dienone is 4. The van der Waals surface area contributed by atoms with Gasteiger partial charge in [-0.05, 0) is 68.7 Å². The monoisotopic (exact) mass is 450 g/mol. The van der Waals surface area contributed by atoms with Gasteiger partial charge in [0.15, 0.2) is 17.6 Å². The second kappa shape index (κ2) is 13.5. The molecular formula is C28H34O5. The van der Waals surface area contributed by atoms with Crippen molar-refractivity contribution < 1.29 is 23.7 Å². The zero-order valence-corrected chi connectivity index (χ0v) is 19.6. The van der Waals surface area contributed by atoms with E-state index in [0.717, 1.165) is 55.6 Å². The number of esters is 1. The summed E-state index contributed by atoms with van der Waals surface area (Å²) >= 11 is 0. The van der Waals surface area contributed by atoms with Crippen molar-refractivity contribution in [3.8, 4) is 11.5 Å². The molecule has 5 heteroatoms. The molecular weight excluding hydrogens is 416 g/mol. The number of fused-ring (bicyclic) bond motifs is 1. The van der Waals surface area contributed by atoms with Crippen LogP contribution in [-0.4, -0.2) is 26.0 Å². The largest absolute Gasteiger partial charge is 0.460 e. The molecule has 0 saturated carbocycles. The van der Waals surface area contributed by atoms with Gasteiger partial charge < -0.3 is 18.9 Å². The molecule has 2 aromatic carbocycles. The van der Waals surface area contributed by atoms with Gasteiger partial charge in [0.1, 0.15) is 0 Å². The molecule has 0 fully saturated rings. The summed E-state index contributed by atoms with van der Waals surface area (Å²) in [5.74, 6) is 1.34. The third kappa shape index (κ3) is 8.10. The van der Waals surface area contributed by atoms with Gasteiger partial charge in [-0.15, -0.1) is 0 Å². The zero-order valence-electron chi connectivity index (χ0n) is 19.6. The molecule has 1 aliphatic heterocycles. The summed E-state index contributed by atoms with van der Waals surface area (Å²) in [6.45, 7) is 2.25. The predicted molar refractivity (Wildman–Crippen MR) is 129 cm³/mol. The molecule has 0 N–H and O–H groups in total. The Kier molecular flexibility index (Phi) is 10.0. The summed E-state index contributed by atoms with van der Waals surface area (Å²) in [6, 6.07) is 15.6. The first-order valence-corrected chi connectivity index (χ1v) is 11.7.